The molecule has 0 aliphatic carbocycles. The highest BCUT2D eigenvalue weighted by molar-refractivity contribution is 5.99. The number of nitrogen functional groups attached to an aromatic ring is 1. The molecule has 0 radical (unpaired) electrons. The van der Waals surface area contributed by atoms with E-state index in [9.17, 15) is 4.79 Å². The number of hydrogen-bond acceptors (Lipinski definition) is 3. The van der Waals surface area contributed by atoms with Crippen molar-refractivity contribution in [3.63, 3.8) is 0 Å². The summed E-state index contributed by atoms with van der Waals surface area (Å²) < 4.78 is 0. The molecule has 2 atom stereocenters. The Kier molecular flexibility index (Phi) is 2.96. The van der Waals surface area contributed by atoms with Crippen LogP contribution < -0.4 is 16.4 Å². The van der Waals surface area contributed by atoms with Gasteiger partial charge in [0.15, 0.2) is 0 Å². The van der Waals surface area contributed by atoms with Gasteiger partial charge in [0.2, 0.25) is 0 Å². The van der Waals surface area contributed by atoms with Crippen LogP contribution in [0.3, 0.4) is 0 Å². The van der Waals surface area contributed by atoms with E-state index in [1.54, 1.807) is 12.1 Å². The number of benzene rings is 1. The SMILES string of the molecule is CC1CN(c2cc(N)ccc2C(N)=O)CC1C. The molecule has 92 valence electrons. The number of amides is 1. The van der Waals surface area contributed by atoms with Crippen LogP contribution in [0.5, 0.6) is 0 Å². The summed E-state index contributed by atoms with van der Waals surface area (Å²) in [5.41, 5.74) is 13.3. The number of nitrogens with two attached hydrogens (primary N) is 2. The fraction of sp³-hybridized carbons (Fsp3) is 0.462. The second-order valence-electron chi connectivity index (χ2n) is 5.00. The van der Waals surface area contributed by atoms with Gasteiger partial charge in [-0.25, -0.2) is 0 Å². The first-order valence-corrected chi connectivity index (χ1v) is 5.93. The molecule has 4 N–H and O–H groups in total. The Hall–Kier alpha value is -1.71. The molecule has 1 aliphatic rings. The van der Waals surface area contributed by atoms with Gasteiger partial charge in [-0.05, 0) is 30.0 Å². The summed E-state index contributed by atoms with van der Waals surface area (Å²) >= 11 is 0. The molecule has 1 saturated heterocycles. The van der Waals surface area contributed by atoms with Gasteiger partial charge in [-0.1, -0.05) is 13.8 Å². The Morgan fingerprint density at radius 3 is 2.41 bits per heavy atom. The molecule has 0 saturated carbocycles. The van der Waals surface area contributed by atoms with Crippen LogP contribution in [0.2, 0.25) is 0 Å². The second kappa shape index (κ2) is 4.28. The van der Waals surface area contributed by atoms with Crippen molar-refractivity contribution in [1.82, 2.24) is 0 Å². The first kappa shape index (κ1) is 11.8. The summed E-state index contributed by atoms with van der Waals surface area (Å²) in [7, 11) is 0. The van der Waals surface area contributed by atoms with Crippen molar-refractivity contribution in [2.45, 2.75) is 13.8 Å². The molecule has 1 amide bonds. The van der Waals surface area contributed by atoms with Gasteiger partial charge < -0.3 is 16.4 Å². The molecule has 1 aromatic rings. The second-order valence-corrected chi connectivity index (χ2v) is 5.00. The van der Waals surface area contributed by atoms with Gasteiger partial charge in [0.25, 0.3) is 5.91 Å². The third-order valence-electron chi connectivity index (χ3n) is 3.62. The van der Waals surface area contributed by atoms with E-state index in [1.807, 2.05) is 6.07 Å². The van der Waals surface area contributed by atoms with Crippen molar-refractivity contribution in [2.24, 2.45) is 17.6 Å². The summed E-state index contributed by atoms with van der Waals surface area (Å²) in [6.45, 7) is 6.34. The smallest absolute Gasteiger partial charge is 0.250 e. The highest BCUT2D eigenvalue weighted by atomic mass is 16.1. The van der Waals surface area contributed by atoms with Crippen LogP contribution in [0.4, 0.5) is 11.4 Å². The topological polar surface area (TPSA) is 72.3 Å². The maximum Gasteiger partial charge on any atom is 0.250 e. The molecule has 0 bridgehead atoms. The number of carbonyl (C=O) groups is 1. The zero-order chi connectivity index (χ0) is 12.6. The normalized spacial score (nSPS) is 24.0. The third kappa shape index (κ3) is 2.20. The van der Waals surface area contributed by atoms with Gasteiger partial charge >= 0.3 is 0 Å². The Morgan fingerprint density at radius 2 is 1.88 bits per heavy atom. The van der Waals surface area contributed by atoms with Crippen molar-refractivity contribution < 1.29 is 4.79 Å². The van der Waals surface area contributed by atoms with Crippen molar-refractivity contribution in [3.8, 4) is 0 Å². The van der Waals surface area contributed by atoms with Crippen molar-refractivity contribution >= 4 is 17.3 Å². The lowest BCUT2D eigenvalue weighted by Gasteiger charge is -2.21. The van der Waals surface area contributed by atoms with Crippen LogP contribution in [-0.4, -0.2) is 19.0 Å². The Morgan fingerprint density at radius 1 is 1.29 bits per heavy atom. The van der Waals surface area contributed by atoms with Crippen LogP contribution in [0.25, 0.3) is 0 Å². The Labute approximate surface area is 102 Å². The first-order valence-electron chi connectivity index (χ1n) is 5.93. The Bertz CT molecular complexity index is 434. The maximum atomic E-state index is 11.4. The highest BCUT2D eigenvalue weighted by Crippen LogP contribution is 2.31. The molecule has 2 unspecified atom stereocenters. The molecular weight excluding hydrogens is 214 g/mol. The molecule has 1 aromatic carbocycles. The average Bonchev–Trinajstić information content (AvgIpc) is 2.58. The number of nitrogens with zero attached hydrogens (tertiary/aromatic N) is 1. The molecule has 0 aromatic heterocycles. The fourth-order valence-corrected chi connectivity index (χ4v) is 2.35. The number of anilines is 2. The van der Waals surface area contributed by atoms with E-state index < -0.39 is 5.91 Å². The molecule has 4 heteroatoms. The number of carbonyl (C=O) groups excluding carboxylic acids is 1. The van der Waals surface area contributed by atoms with Gasteiger partial charge in [-0.3, -0.25) is 4.79 Å². The Balaban J connectivity index is 2.37. The standard InChI is InChI=1S/C13H19N3O/c1-8-6-16(7-9(8)2)12-5-10(14)3-4-11(12)13(15)17/h3-5,8-9H,6-7,14H2,1-2H3,(H2,15,17). The van der Waals surface area contributed by atoms with Crippen LogP contribution in [0, 0.1) is 11.8 Å². The quantitative estimate of drug-likeness (QED) is 0.760. The molecule has 1 fully saturated rings. The van der Waals surface area contributed by atoms with Gasteiger partial charge in [-0.2, -0.15) is 0 Å². The maximum absolute atomic E-state index is 11.4. The monoisotopic (exact) mass is 233 g/mol. The molecule has 2 rings (SSSR count). The van der Waals surface area contributed by atoms with Crippen molar-refractivity contribution in [2.75, 3.05) is 23.7 Å². The molecular formula is C13H19N3O. The molecule has 1 heterocycles. The zero-order valence-corrected chi connectivity index (χ0v) is 10.3. The van der Waals surface area contributed by atoms with Crippen molar-refractivity contribution in [3.05, 3.63) is 23.8 Å². The average molecular weight is 233 g/mol. The van der Waals surface area contributed by atoms with E-state index in [0.717, 1.165) is 18.8 Å². The van der Waals surface area contributed by atoms with Crippen LogP contribution in [-0.2, 0) is 0 Å². The first-order chi connectivity index (χ1) is 7.99. The van der Waals surface area contributed by atoms with Crippen molar-refractivity contribution in [1.29, 1.82) is 0 Å². The van der Waals surface area contributed by atoms with Crippen LogP contribution in [0.15, 0.2) is 18.2 Å². The lowest BCUT2D eigenvalue weighted by Crippen LogP contribution is -2.24. The minimum absolute atomic E-state index is 0.396. The predicted octanol–water partition coefficient (Wildman–Crippen LogP) is 1.46. The lowest BCUT2D eigenvalue weighted by molar-refractivity contribution is 0.100. The van der Waals surface area contributed by atoms with E-state index in [-0.39, 0.29) is 0 Å². The fourth-order valence-electron chi connectivity index (χ4n) is 2.35. The zero-order valence-electron chi connectivity index (χ0n) is 10.3. The summed E-state index contributed by atoms with van der Waals surface area (Å²) in [6.07, 6.45) is 0. The van der Waals surface area contributed by atoms with E-state index >= 15 is 0 Å². The van der Waals surface area contributed by atoms with Gasteiger partial charge in [0, 0.05) is 18.8 Å². The molecule has 1 aliphatic heterocycles. The molecule has 0 spiro atoms. The lowest BCUT2D eigenvalue weighted by atomic mass is 10.0. The molecule has 4 nitrogen and oxygen atoms in total. The number of primary amides is 1. The van der Waals surface area contributed by atoms with E-state index in [4.69, 9.17) is 11.5 Å². The van der Waals surface area contributed by atoms with Gasteiger partial charge in [0.05, 0.1) is 11.3 Å². The summed E-state index contributed by atoms with van der Waals surface area (Å²) in [4.78, 5) is 13.6. The predicted molar refractivity (Wildman–Crippen MR) is 69.9 cm³/mol. The minimum Gasteiger partial charge on any atom is -0.399 e. The van der Waals surface area contributed by atoms with E-state index in [1.165, 1.54) is 0 Å². The van der Waals surface area contributed by atoms with Crippen LogP contribution in [0.1, 0.15) is 24.2 Å². The molecule has 17 heavy (non-hydrogen) atoms. The van der Waals surface area contributed by atoms with Crippen LogP contribution >= 0.6 is 0 Å². The third-order valence-corrected chi connectivity index (χ3v) is 3.62. The summed E-state index contributed by atoms with van der Waals surface area (Å²) in [5, 5.41) is 0. The van der Waals surface area contributed by atoms with Gasteiger partial charge in [0.1, 0.15) is 0 Å². The van der Waals surface area contributed by atoms with E-state index in [2.05, 4.69) is 18.7 Å². The number of rotatable bonds is 2. The van der Waals surface area contributed by atoms with E-state index in [0.29, 0.717) is 23.1 Å². The number of hydrogen-bond donors (Lipinski definition) is 2. The summed E-state index contributed by atoms with van der Waals surface area (Å²) in [6, 6.07) is 5.26. The van der Waals surface area contributed by atoms with Gasteiger partial charge in [-0.15, -0.1) is 0 Å². The minimum atomic E-state index is -0.396. The highest BCUT2D eigenvalue weighted by Gasteiger charge is 2.28. The summed E-state index contributed by atoms with van der Waals surface area (Å²) in [5.74, 6) is 0.849. The largest absolute Gasteiger partial charge is 0.399 e.